The number of hydrogen-bond donors (Lipinski definition) is 2. The minimum Gasteiger partial charge on any atom is -0.392 e. The maximum atomic E-state index is 13.9. The summed E-state index contributed by atoms with van der Waals surface area (Å²) in [5.41, 5.74) is 1.05. The van der Waals surface area contributed by atoms with Gasteiger partial charge in [-0.05, 0) is 30.5 Å². The molecule has 0 aliphatic heterocycles. The van der Waals surface area contributed by atoms with Crippen molar-refractivity contribution in [3.63, 3.8) is 0 Å². The first kappa shape index (κ1) is 13.3. The van der Waals surface area contributed by atoms with Crippen LogP contribution in [0.2, 0.25) is 0 Å². The van der Waals surface area contributed by atoms with E-state index < -0.39 is 0 Å². The molecule has 1 aromatic rings. The predicted octanol–water partition coefficient (Wildman–Crippen LogP) is 2.06. The Labute approximate surface area is 107 Å². The molecule has 0 saturated heterocycles. The lowest BCUT2D eigenvalue weighted by atomic mass is 9.91. The van der Waals surface area contributed by atoms with Crippen molar-refractivity contribution in [3.8, 4) is 0 Å². The molecule has 1 aliphatic rings. The van der Waals surface area contributed by atoms with E-state index in [0.29, 0.717) is 11.3 Å². The summed E-state index contributed by atoms with van der Waals surface area (Å²) in [5.74, 6) is -0.346. The minimum atomic E-state index is -0.388. The van der Waals surface area contributed by atoms with E-state index >= 15 is 0 Å². The van der Waals surface area contributed by atoms with Crippen molar-refractivity contribution in [2.45, 2.75) is 44.4 Å². The van der Waals surface area contributed by atoms with Crippen LogP contribution in [0.4, 0.5) is 10.1 Å². The number of hydrogen-bond acceptors (Lipinski definition) is 3. The SMILES string of the molecule is CN(c1ccc(CO)cc1F)C1CCCCC1O. The van der Waals surface area contributed by atoms with E-state index in [1.165, 1.54) is 6.07 Å². The van der Waals surface area contributed by atoms with Crippen LogP contribution >= 0.6 is 0 Å². The van der Waals surface area contributed by atoms with E-state index in [1.807, 2.05) is 11.9 Å². The Morgan fingerprint density at radius 2 is 2.06 bits per heavy atom. The van der Waals surface area contributed by atoms with Gasteiger partial charge in [0.05, 0.1) is 24.4 Å². The largest absolute Gasteiger partial charge is 0.392 e. The van der Waals surface area contributed by atoms with Crippen molar-refractivity contribution in [3.05, 3.63) is 29.6 Å². The summed E-state index contributed by atoms with van der Waals surface area (Å²) in [6, 6.07) is 4.71. The Hall–Kier alpha value is -1.13. The van der Waals surface area contributed by atoms with Gasteiger partial charge in [0.25, 0.3) is 0 Å². The summed E-state index contributed by atoms with van der Waals surface area (Å²) in [6.07, 6.45) is 3.39. The maximum absolute atomic E-state index is 13.9. The standard InChI is InChI=1S/C14H20FNO2/c1-16(13-4-2-3-5-14(13)18)12-7-6-10(9-17)8-11(12)15/h6-8,13-14,17-18H,2-5,9H2,1H3. The van der Waals surface area contributed by atoms with Crippen LogP contribution in [-0.4, -0.2) is 29.4 Å². The van der Waals surface area contributed by atoms with Gasteiger partial charge < -0.3 is 15.1 Å². The molecule has 0 amide bonds. The zero-order chi connectivity index (χ0) is 13.1. The molecule has 1 aromatic carbocycles. The summed E-state index contributed by atoms with van der Waals surface area (Å²) < 4.78 is 13.9. The number of benzene rings is 1. The molecule has 1 aliphatic carbocycles. The summed E-state index contributed by atoms with van der Waals surface area (Å²) in [6.45, 7) is -0.160. The van der Waals surface area contributed by atoms with E-state index in [0.717, 1.165) is 25.7 Å². The highest BCUT2D eigenvalue weighted by molar-refractivity contribution is 5.49. The monoisotopic (exact) mass is 253 g/mol. The van der Waals surface area contributed by atoms with Gasteiger partial charge in [0.15, 0.2) is 0 Å². The van der Waals surface area contributed by atoms with Gasteiger partial charge in [-0.3, -0.25) is 0 Å². The first-order chi connectivity index (χ1) is 8.63. The molecule has 2 rings (SSSR count). The highest BCUT2D eigenvalue weighted by Crippen LogP contribution is 2.28. The van der Waals surface area contributed by atoms with Gasteiger partial charge in [0.2, 0.25) is 0 Å². The molecule has 2 N–H and O–H groups in total. The first-order valence-electron chi connectivity index (χ1n) is 6.43. The van der Waals surface area contributed by atoms with Gasteiger partial charge in [-0.1, -0.05) is 18.9 Å². The quantitative estimate of drug-likeness (QED) is 0.866. The number of likely N-dealkylation sites (N-methyl/N-ethyl adjacent to an activating group) is 1. The van der Waals surface area contributed by atoms with Crippen molar-refractivity contribution < 1.29 is 14.6 Å². The van der Waals surface area contributed by atoms with E-state index in [-0.39, 0.29) is 24.6 Å². The van der Waals surface area contributed by atoms with Gasteiger partial charge in [0, 0.05) is 7.05 Å². The summed E-state index contributed by atoms with van der Waals surface area (Å²) in [4.78, 5) is 1.82. The Morgan fingerprint density at radius 3 is 2.67 bits per heavy atom. The zero-order valence-corrected chi connectivity index (χ0v) is 10.6. The van der Waals surface area contributed by atoms with Crippen LogP contribution < -0.4 is 4.90 Å². The van der Waals surface area contributed by atoms with Crippen LogP contribution in [0.3, 0.4) is 0 Å². The lowest BCUT2D eigenvalue weighted by molar-refractivity contribution is 0.106. The molecular weight excluding hydrogens is 233 g/mol. The van der Waals surface area contributed by atoms with E-state index in [2.05, 4.69) is 0 Å². The predicted molar refractivity (Wildman–Crippen MR) is 69.0 cm³/mol. The second kappa shape index (κ2) is 5.67. The molecule has 0 radical (unpaired) electrons. The molecule has 2 atom stereocenters. The highest BCUT2D eigenvalue weighted by atomic mass is 19.1. The highest BCUT2D eigenvalue weighted by Gasteiger charge is 2.27. The van der Waals surface area contributed by atoms with Crippen LogP contribution in [0, 0.1) is 5.82 Å². The zero-order valence-electron chi connectivity index (χ0n) is 10.6. The number of aliphatic hydroxyl groups is 2. The third-order valence-corrected chi connectivity index (χ3v) is 3.77. The van der Waals surface area contributed by atoms with Crippen molar-refractivity contribution >= 4 is 5.69 Å². The lowest BCUT2D eigenvalue weighted by Gasteiger charge is -2.36. The third kappa shape index (κ3) is 2.65. The van der Waals surface area contributed by atoms with Crippen LogP contribution in [0.25, 0.3) is 0 Å². The second-order valence-electron chi connectivity index (χ2n) is 4.97. The molecule has 3 nitrogen and oxygen atoms in total. The average Bonchev–Trinajstić information content (AvgIpc) is 2.38. The van der Waals surface area contributed by atoms with Gasteiger partial charge in [-0.25, -0.2) is 4.39 Å². The summed E-state index contributed by atoms with van der Waals surface area (Å²) in [5, 5.41) is 19.0. The molecule has 0 heterocycles. The average molecular weight is 253 g/mol. The van der Waals surface area contributed by atoms with Crippen molar-refractivity contribution in [2.75, 3.05) is 11.9 Å². The molecule has 0 spiro atoms. The number of nitrogens with zero attached hydrogens (tertiary/aromatic N) is 1. The third-order valence-electron chi connectivity index (χ3n) is 3.77. The number of aliphatic hydroxyl groups excluding tert-OH is 2. The fourth-order valence-corrected chi connectivity index (χ4v) is 2.66. The molecule has 1 saturated carbocycles. The van der Waals surface area contributed by atoms with Gasteiger partial charge in [0.1, 0.15) is 5.82 Å². The van der Waals surface area contributed by atoms with E-state index in [4.69, 9.17) is 5.11 Å². The molecule has 0 aromatic heterocycles. The normalized spacial score (nSPS) is 24.0. The van der Waals surface area contributed by atoms with Crippen LogP contribution in [-0.2, 0) is 6.61 Å². The Bertz CT molecular complexity index is 411. The van der Waals surface area contributed by atoms with Crippen molar-refractivity contribution in [1.82, 2.24) is 0 Å². The molecule has 0 bridgehead atoms. The van der Waals surface area contributed by atoms with E-state index in [1.54, 1.807) is 12.1 Å². The number of anilines is 1. The number of rotatable bonds is 3. The fourth-order valence-electron chi connectivity index (χ4n) is 2.66. The molecule has 2 unspecified atom stereocenters. The van der Waals surface area contributed by atoms with Gasteiger partial charge >= 0.3 is 0 Å². The minimum absolute atomic E-state index is 0.0202. The summed E-state index contributed by atoms with van der Waals surface area (Å²) in [7, 11) is 1.82. The van der Waals surface area contributed by atoms with Gasteiger partial charge in [-0.2, -0.15) is 0 Å². The van der Waals surface area contributed by atoms with Crippen LogP contribution in [0.5, 0.6) is 0 Å². The molecule has 18 heavy (non-hydrogen) atoms. The van der Waals surface area contributed by atoms with E-state index in [9.17, 15) is 9.50 Å². The van der Waals surface area contributed by atoms with Crippen molar-refractivity contribution in [1.29, 1.82) is 0 Å². The second-order valence-corrected chi connectivity index (χ2v) is 4.97. The Kier molecular flexibility index (Phi) is 4.19. The smallest absolute Gasteiger partial charge is 0.146 e. The summed E-state index contributed by atoms with van der Waals surface area (Å²) >= 11 is 0. The number of halogens is 1. The van der Waals surface area contributed by atoms with Crippen LogP contribution in [0.1, 0.15) is 31.2 Å². The molecule has 4 heteroatoms. The molecular formula is C14H20FNO2. The first-order valence-corrected chi connectivity index (χ1v) is 6.43. The van der Waals surface area contributed by atoms with Crippen molar-refractivity contribution in [2.24, 2.45) is 0 Å². The van der Waals surface area contributed by atoms with Crippen LogP contribution in [0.15, 0.2) is 18.2 Å². The Morgan fingerprint density at radius 1 is 1.33 bits per heavy atom. The Balaban J connectivity index is 2.19. The molecule has 1 fully saturated rings. The maximum Gasteiger partial charge on any atom is 0.146 e. The van der Waals surface area contributed by atoms with Gasteiger partial charge in [-0.15, -0.1) is 0 Å². The fraction of sp³-hybridized carbons (Fsp3) is 0.571. The lowest BCUT2D eigenvalue weighted by Crippen LogP contribution is -2.43. The topological polar surface area (TPSA) is 43.7 Å². The molecule has 100 valence electrons.